The third-order valence-electron chi connectivity index (χ3n) is 6.21. The van der Waals surface area contributed by atoms with Gasteiger partial charge in [-0.1, -0.05) is 39.8 Å². The summed E-state index contributed by atoms with van der Waals surface area (Å²) in [5.74, 6) is 0.547. The van der Waals surface area contributed by atoms with E-state index < -0.39 is 7.37 Å². The quantitative estimate of drug-likeness (QED) is 0.280. The number of nitrogens with zero attached hydrogens (tertiary/aromatic N) is 1. The maximum Gasteiger partial charge on any atom is 0.213 e. The average molecular weight is 530 g/mol. The second kappa shape index (κ2) is 11.8. The molecule has 1 N–H and O–H groups in total. The van der Waals surface area contributed by atoms with E-state index in [1.807, 2.05) is 31.2 Å². The molecule has 3 unspecified atom stereocenters. The van der Waals surface area contributed by atoms with Crippen LogP contribution in [0.4, 0.5) is 4.39 Å². The van der Waals surface area contributed by atoms with Gasteiger partial charge in [-0.05, 0) is 63.9 Å². The molecular weight excluding hydrogens is 492 g/mol. The van der Waals surface area contributed by atoms with Crippen LogP contribution in [0.25, 0.3) is 11.1 Å². The molecule has 0 fully saturated rings. The van der Waals surface area contributed by atoms with Gasteiger partial charge in [0.15, 0.2) is 7.37 Å². The smallest absolute Gasteiger partial charge is 0.213 e. The Bertz CT molecular complexity index is 1270. The Kier molecular flexibility index (Phi) is 9.17. The van der Waals surface area contributed by atoms with E-state index in [1.54, 1.807) is 38.6 Å². The molecule has 3 atom stereocenters. The number of aromatic nitrogens is 1. The molecule has 0 bridgehead atoms. The average Bonchev–Trinajstić information content (AvgIpc) is 2.82. The summed E-state index contributed by atoms with van der Waals surface area (Å²) in [5, 5.41) is 0. The number of ether oxygens (including phenoxy) is 3. The summed E-state index contributed by atoms with van der Waals surface area (Å²) in [6, 6.07) is 14.1. The standard InChI is InChI=1S/C29H37FNO5P/c1-19(18-37(7,32)33)21-12-13-31-27(15-21)36-17-20-8-10-23(24-16-22(34-5)9-11-26(24)30)25(14-20)28(35-6)29(2,3)4/h8-16,19,28H,17-18H2,1-7H3,(H,32,33). The Morgan fingerprint density at radius 2 is 1.78 bits per heavy atom. The maximum absolute atomic E-state index is 14.9. The van der Waals surface area contributed by atoms with Crippen molar-refractivity contribution in [3.8, 4) is 22.8 Å². The third kappa shape index (κ3) is 7.64. The first-order chi connectivity index (χ1) is 17.3. The van der Waals surface area contributed by atoms with Crippen molar-refractivity contribution in [2.45, 2.75) is 46.3 Å². The lowest BCUT2D eigenvalue weighted by atomic mass is 9.81. The molecule has 0 saturated heterocycles. The lowest BCUT2D eigenvalue weighted by Crippen LogP contribution is -2.21. The van der Waals surface area contributed by atoms with Crippen molar-refractivity contribution >= 4 is 7.37 Å². The fraction of sp³-hybridized carbons (Fsp3) is 0.414. The number of hydrogen-bond acceptors (Lipinski definition) is 5. The molecule has 0 spiro atoms. The lowest BCUT2D eigenvalue weighted by molar-refractivity contribution is 0.0155. The molecule has 6 nitrogen and oxygen atoms in total. The van der Waals surface area contributed by atoms with Crippen molar-refractivity contribution in [3.63, 3.8) is 0 Å². The Balaban J connectivity index is 1.94. The molecule has 8 heteroatoms. The van der Waals surface area contributed by atoms with Gasteiger partial charge in [-0.3, -0.25) is 4.57 Å². The van der Waals surface area contributed by atoms with Gasteiger partial charge in [-0.25, -0.2) is 9.37 Å². The minimum absolute atomic E-state index is 0.107. The molecule has 3 aromatic rings. The fourth-order valence-corrected chi connectivity index (χ4v) is 5.76. The first kappa shape index (κ1) is 28.8. The van der Waals surface area contributed by atoms with E-state index in [1.165, 1.54) is 12.7 Å². The van der Waals surface area contributed by atoms with Crippen LogP contribution in [0.15, 0.2) is 54.7 Å². The monoisotopic (exact) mass is 529 g/mol. The highest BCUT2D eigenvalue weighted by Crippen LogP contribution is 2.43. The van der Waals surface area contributed by atoms with Gasteiger partial charge < -0.3 is 19.1 Å². The van der Waals surface area contributed by atoms with Gasteiger partial charge in [0.2, 0.25) is 5.88 Å². The zero-order chi connectivity index (χ0) is 27.4. The van der Waals surface area contributed by atoms with E-state index >= 15 is 0 Å². The summed E-state index contributed by atoms with van der Waals surface area (Å²) in [7, 11) is 0.0668. The zero-order valence-corrected chi connectivity index (χ0v) is 23.5. The van der Waals surface area contributed by atoms with Gasteiger partial charge in [-0.15, -0.1) is 0 Å². The van der Waals surface area contributed by atoms with E-state index in [2.05, 4.69) is 25.8 Å². The second-order valence-corrected chi connectivity index (χ2v) is 13.1. The molecule has 0 saturated carbocycles. The van der Waals surface area contributed by atoms with Gasteiger partial charge >= 0.3 is 0 Å². The first-order valence-corrected chi connectivity index (χ1v) is 14.5. The highest BCUT2D eigenvalue weighted by molar-refractivity contribution is 7.57. The van der Waals surface area contributed by atoms with Crippen LogP contribution in [0.1, 0.15) is 56.4 Å². The van der Waals surface area contributed by atoms with E-state index in [0.29, 0.717) is 17.2 Å². The van der Waals surface area contributed by atoms with Crippen LogP contribution in [0, 0.1) is 11.2 Å². The molecule has 0 aliphatic rings. The number of rotatable bonds is 10. The van der Waals surface area contributed by atoms with Crippen molar-refractivity contribution in [3.05, 3.63) is 77.2 Å². The maximum atomic E-state index is 14.9. The molecule has 1 heterocycles. The van der Waals surface area contributed by atoms with Crippen LogP contribution >= 0.6 is 7.37 Å². The Morgan fingerprint density at radius 3 is 2.41 bits per heavy atom. The number of benzene rings is 2. The van der Waals surface area contributed by atoms with E-state index in [0.717, 1.165) is 22.3 Å². The Hall–Kier alpha value is -2.73. The van der Waals surface area contributed by atoms with Crippen molar-refractivity contribution in [1.29, 1.82) is 0 Å². The summed E-state index contributed by atoms with van der Waals surface area (Å²) >= 11 is 0. The summed E-state index contributed by atoms with van der Waals surface area (Å²) in [4.78, 5) is 14.0. The van der Waals surface area contributed by atoms with Gasteiger partial charge in [0, 0.05) is 37.8 Å². The zero-order valence-electron chi connectivity index (χ0n) is 22.6. The molecule has 0 aliphatic heterocycles. The van der Waals surface area contributed by atoms with Crippen LogP contribution in [0.3, 0.4) is 0 Å². The molecule has 2 aromatic carbocycles. The molecule has 1 aromatic heterocycles. The van der Waals surface area contributed by atoms with E-state index in [9.17, 15) is 13.8 Å². The summed E-state index contributed by atoms with van der Waals surface area (Å²) < 4.78 is 44.0. The molecule has 200 valence electrons. The molecule has 0 amide bonds. The fourth-order valence-electron chi connectivity index (χ4n) is 4.53. The predicted octanol–water partition coefficient (Wildman–Crippen LogP) is 7.21. The molecular formula is C29H37FNO5P. The van der Waals surface area contributed by atoms with Crippen molar-refractivity contribution in [2.24, 2.45) is 5.41 Å². The number of pyridine rings is 1. The van der Waals surface area contributed by atoms with Crippen molar-refractivity contribution in [2.75, 3.05) is 27.0 Å². The van der Waals surface area contributed by atoms with E-state index in [-0.39, 0.29) is 36.0 Å². The third-order valence-corrected chi connectivity index (χ3v) is 7.44. The minimum Gasteiger partial charge on any atom is -0.497 e. The van der Waals surface area contributed by atoms with Crippen molar-refractivity contribution in [1.82, 2.24) is 4.98 Å². The van der Waals surface area contributed by atoms with E-state index in [4.69, 9.17) is 14.2 Å². The first-order valence-electron chi connectivity index (χ1n) is 12.2. The Morgan fingerprint density at radius 1 is 1.05 bits per heavy atom. The second-order valence-electron chi connectivity index (χ2n) is 10.6. The van der Waals surface area contributed by atoms with Crippen molar-refractivity contribution < 1.29 is 28.1 Å². The largest absolute Gasteiger partial charge is 0.497 e. The molecule has 0 aliphatic carbocycles. The van der Waals surface area contributed by atoms with Crippen LogP contribution < -0.4 is 9.47 Å². The van der Waals surface area contributed by atoms with Crippen LogP contribution in [-0.4, -0.2) is 36.9 Å². The minimum atomic E-state index is -3.14. The van der Waals surface area contributed by atoms with Crippen LogP contribution in [0.5, 0.6) is 11.6 Å². The topological polar surface area (TPSA) is 77.9 Å². The van der Waals surface area contributed by atoms with Crippen LogP contribution in [0.2, 0.25) is 0 Å². The van der Waals surface area contributed by atoms with Gasteiger partial charge in [0.05, 0.1) is 13.2 Å². The molecule has 3 rings (SSSR count). The number of halogens is 1. The Labute approximate surface area is 219 Å². The summed E-state index contributed by atoms with van der Waals surface area (Å²) in [6.07, 6.45) is 1.52. The molecule has 37 heavy (non-hydrogen) atoms. The van der Waals surface area contributed by atoms with Gasteiger partial charge in [-0.2, -0.15) is 0 Å². The van der Waals surface area contributed by atoms with Gasteiger partial charge in [0.1, 0.15) is 18.2 Å². The molecule has 0 radical (unpaired) electrons. The van der Waals surface area contributed by atoms with Crippen LogP contribution in [-0.2, 0) is 15.9 Å². The number of hydrogen-bond donors (Lipinski definition) is 1. The SMILES string of the molecule is COc1ccc(F)c(-c2ccc(COc3cc(C(C)CP(C)(=O)O)ccn3)cc2C(OC)C(C)(C)C)c1. The highest BCUT2D eigenvalue weighted by Gasteiger charge is 2.29. The normalized spacial score (nSPS) is 15.1. The lowest BCUT2D eigenvalue weighted by Gasteiger charge is -2.32. The summed E-state index contributed by atoms with van der Waals surface area (Å²) in [5.41, 5.74) is 3.52. The summed E-state index contributed by atoms with van der Waals surface area (Å²) in [6.45, 7) is 9.75. The number of methoxy groups -OCH3 is 2. The predicted molar refractivity (Wildman–Crippen MR) is 145 cm³/mol. The highest BCUT2D eigenvalue weighted by atomic mass is 31.2. The van der Waals surface area contributed by atoms with Gasteiger partial charge in [0.25, 0.3) is 0 Å².